The highest BCUT2D eigenvalue weighted by atomic mass is 15.1. The number of hydrogen-bond acceptors (Lipinski definition) is 1. The largest absolute Gasteiger partial charge is 0.310 e. The van der Waals surface area contributed by atoms with Crippen LogP contribution in [0.3, 0.4) is 0 Å². The number of nitrogens with zero attached hydrogens (tertiary/aromatic N) is 3. The van der Waals surface area contributed by atoms with Crippen molar-refractivity contribution in [3.05, 3.63) is 271 Å². The molecule has 15 rings (SSSR count). The summed E-state index contributed by atoms with van der Waals surface area (Å²) < 4.78 is 4.80. The van der Waals surface area contributed by atoms with E-state index >= 15 is 0 Å². The first-order valence-corrected chi connectivity index (χ1v) is 26.3. The van der Waals surface area contributed by atoms with Gasteiger partial charge in [-0.25, -0.2) is 0 Å². The number of benzene rings is 11. The summed E-state index contributed by atoms with van der Waals surface area (Å²) in [4.78, 5) is 2.46. The van der Waals surface area contributed by atoms with E-state index in [1.807, 2.05) is 0 Å². The minimum Gasteiger partial charge on any atom is -0.310 e. The predicted octanol–water partition coefficient (Wildman–Crippen LogP) is 19.3. The smallest absolute Gasteiger partial charge is 0.0547 e. The summed E-state index contributed by atoms with van der Waals surface area (Å²) in [5, 5.41) is 5.07. The zero-order chi connectivity index (χ0) is 50.2. The lowest BCUT2D eigenvalue weighted by Crippen LogP contribution is -2.18. The Labute approximate surface area is 437 Å². The standard InChI is InChI=1S/C72H53N3/c1-71(2)63-41-47(46-31-39-69-62(40-46)60-25-15-17-27-68(60)74(69)51-20-10-6-11-21-51)28-34-55(63)57-37-32-53(44-65(57)71)73(50-18-8-5-9-19-50)54-33-38-58-56-35-29-48(42-64(56)72(3,4)66(58)45-54)49-30-36-61-59-24-14-16-26-67(59)75(70(61)43-49)52-22-12-7-13-23-52/h5-45H,1-4H3. The molecule has 13 aromatic rings. The normalized spacial score (nSPS) is 13.8. The minimum absolute atomic E-state index is 0.228. The van der Waals surface area contributed by atoms with Crippen LogP contribution in [-0.2, 0) is 10.8 Å². The molecule has 11 aromatic carbocycles. The van der Waals surface area contributed by atoms with Crippen molar-refractivity contribution >= 4 is 60.7 Å². The van der Waals surface area contributed by atoms with Gasteiger partial charge in [0, 0.05) is 60.8 Å². The van der Waals surface area contributed by atoms with E-state index in [9.17, 15) is 0 Å². The molecule has 0 saturated heterocycles. The molecule has 0 bridgehead atoms. The lowest BCUT2D eigenvalue weighted by Gasteiger charge is -2.29. The van der Waals surface area contributed by atoms with Crippen LogP contribution >= 0.6 is 0 Å². The van der Waals surface area contributed by atoms with E-state index < -0.39 is 0 Å². The van der Waals surface area contributed by atoms with Crippen molar-refractivity contribution < 1.29 is 0 Å². The van der Waals surface area contributed by atoms with E-state index in [-0.39, 0.29) is 10.8 Å². The van der Waals surface area contributed by atoms with Gasteiger partial charge in [0.1, 0.15) is 0 Å². The zero-order valence-electron chi connectivity index (χ0n) is 42.5. The molecule has 0 amide bonds. The summed E-state index contributed by atoms with van der Waals surface area (Å²) in [5.74, 6) is 0. The third-order valence-electron chi connectivity index (χ3n) is 16.9. The van der Waals surface area contributed by atoms with Gasteiger partial charge in [-0.1, -0.05) is 173 Å². The Hall–Kier alpha value is -9.18. The fourth-order valence-corrected chi connectivity index (χ4v) is 13.1. The van der Waals surface area contributed by atoms with Crippen molar-refractivity contribution in [3.8, 4) is 55.9 Å². The maximum absolute atomic E-state index is 2.46. The van der Waals surface area contributed by atoms with Crippen LogP contribution in [-0.4, -0.2) is 9.13 Å². The fourth-order valence-electron chi connectivity index (χ4n) is 13.1. The highest BCUT2D eigenvalue weighted by molar-refractivity contribution is 6.11. The third-order valence-corrected chi connectivity index (χ3v) is 16.9. The number of rotatable bonds is 7. The summed E-state index contributed by atoms with van der Waals surface area (Å²) in [6, 6.07) is 92.5. The molecule has 2 heterocycles. The van der Waals surface area contributed by atoms with Crippen LogP contribution in [0.1, 0.15) is 49.9 Å². The van der Waals surface area contributed by atoms with E-state index in [0.717, 1.165) is 17.1 Å². The van der Waals surface area contributed by atoms with Gasteiger partial charge in [0.2, 0.25) is 0 Å². The fraction of sp³-hybridized carbons (Fsp3) is 0.0833. The van der Waals surface area contributed by atoms with Crippen LogP contribution in [0.5, 0.6) is 0 Å². The molecule has 0 fully saturated rings. The topological polar surface area (TPSA) is 13.1 Å². The zero-order valence-corrected chi connectivity index (χ0v) is 42.5. The molecule has 75 heavy (non-hydrogen) atoms. The molecular formula is C72H53N3. The molecule has 0 saturated carbocycles. The summed E-state index contributed by atoms with van der Waals surface area (Å²) in [6.07, 6.45) is 0. The second kappa shape index (κ2) is 16.2. The minimum atomic E-state index is -0.231. The average Bonchev–Trinajstić information content (AvgIpc) is 4.18. The SMILES string of the molecule is CC1(C)c2cc(-c3ccc4c(c3)c3ccccc3n4-c3ccccc3)ccc2-c2ccc(N(c3ccccc3)c3ccc4c(c3)C(C)(C)c3cc(-c5ccc6c7ccccc7n(-c7ccccc7)c6c5)ccc3-4)cc21. The Kier molecular flexibility index (Phi) is 9.35. The molecular weight excluding hydrogens is 907 g/mol. The second-order valence-corrected chi connectivity index (χ2v) is 21.7. The lowest BCUT2D eigenvalue weighted by atomic mass is 9.81. The van der Waals surface area contributed by atoms with Gasteiger partial charge in [-0.05, 0) is 170 Å². The van der Waals surface area contributed by atoms with Gasteiger partial charge < -0.3 is 14.0 Å². The summed E-state index contributed by atoms with van der Waals surface area (Å²) in [7, 11) is 0. The Morgan fingerprint density at radius 3 is 1.19 bits per heavy atom. The Morgan fingerprint density at radius 1 is 0.267 bits per heavy atom. The first kappa shape index (κ1) is 43.4. The van der Waals surface area contributed by atoms with Gasteiger partial charge in [-0.2, -0.15) is 0 Å². The molecule has 0 unspecified atom stereocenters. The van der Waals surface area contributed by atoms with Crippen molar-refractivity contribution in [1.82, 2.24) is 9.13 Å². The molecule has 0 aliphatic heterocycles. The van der Waals surface area contributed by atoms with Crippen molar-refractivity contribution in [1.29, 1.82) is 0 Å². The molecule has 2 aliphatic rings. The van der Waals surface area contributed by atoms with Gasteiger partial charge in [-0.15, -0.1) is 0 Å². The van der Waals surface area contributed by atoms with Crippen LogP contribution in [0.4, 0.5) is 17.1 Å². The summed E-state index contributed by atoms with van der Waals surface area (Å²) in [5.41, 5.74) is 25.8. The summed E-state index contributed by atoms with van der Waals surface area (Å²) in [6.45, 7) is 9.61. The van der Waals surface area contributed by atoms with Gasteiger partial charge >= 0.3 is 0 Å². The highest BCUT2D eigenvalue weighted by Crippen LogP contribution is 2.54. The molecule has 2 aliphatic carbocycles. The maximum Gasteiger partial charge on any atom is 0.0547 e. The first-order valence-electron chi connectivity index (χ1n) is 26.3. The molecule has 0 radical (unpaired) electrons. The Bertz CT molecular complexity index is 4460. The summed E-state index contributed by atoms with van der Waals surface area (Å²) >= 11 is 0. The predicted molar refractivity (Wildman–Crippen MR) is 316 cm³/mol. The van der Waals surface area contributed by atoms with Gasteiger partial charge in [0.15, 0.2) is 0 Å². The molecule has 3 heteroatoms. The van der Waals surface area contributed by atoms with Crippen molar-refractivity contribution in [2.24, 2.45) is 0 Å². The van der Waals surface area contributed by atoms with E-state index in [4.69, 9.17) is 0 Å². The number of hydrogen-bond donors (Lipinski definition) is 0. The number of para-hydroxylation sites is 5. The Morgan fingerprint density at radius 2 is 0.640 bits per heavy atom. The molecule has 0 atom stereocenters. The van der Waals surface area contributed by atoms with Crippen LogP contribution < -0.4 is 4.90 Å². The van der Waals surface area contributed by atoms with Gasteiger partial charge in [0.05, 0.1) is 22.1 Å². The number of fused-ring (bicyclic) bond motifs is 12. The molecule has 356 valence electrons. The Balaban J connectivity index is 0.783. The van der Waals surface area contributed by atoms with Crippen LogP contribution in [0.2, 0.25) is 0 Å². The average molecular weight is 960 g/mol. The van der Waals surface area contributed by atoms with Gasteiger partial charge in [0.25, 0.3) is 0 Å². The van der Waals surface area contributed by atoms with E-state index in [2.05, 4.69) is 290 Å². The van der Waals surface area contributed by atoms with Crippen LogP contribution in [0, 0.1) is 0 Å². The van der Waals surface area contributed by atoms with E-state index in [1.165, 1.54) is 122 Å². The van der Waals surface area contributed by atoms with Crippen LogP contribution in [0.15, 0.2) is 249 Å². The third kappa shape index (κ3) is 6.47. The van der Waals surface area contributed by atoms with Crippen molar-refractivity contribution in [3.63, 3.8) is 0 Å². The van der Waals surface area contributed by atoms with Crippen molar-refractivity contribution in [2.45, 2.75) is 38.5 Å². The maximum atomic E-state index is 2.46. The number of aromatic nitrogens is 2. The molecule has 3 nitrogen and oxygen atoms in total. The monoisotopic (exact) mass is 959 g/mol. The van der Waals surface area contributed by atoms with Crippen LogP contribution in [0.25, 0.3) is 99.5 Å². The highest BCUT2D eigenvalue weighted by Gasteiger charge is 2.38. The van der Waals surface area contributed by atoms with Gasteiger partial charge in [-0.3, -0.25) is 0 Å². The quantitative estimate of drug-likeness (QED) is 0.155. The molecule has 0 N–H and O–H groups in total. The molecule has 0 spiro atoms. The lowest BCUT2D eigenvalue weighted by molar-refractivity contribution is 0.660. The van der Waals surface area contributed by atoms with Crippen molar-refractivity contribution in [2.75, 3.05) is 4.90 Å². The molecule has 2 aromatic heterocycles. The number of anilines is 3. The first-order chi connectivity index (χ1) is 36.7. The second-order valence-electron chi connectivity index (χ2n) is 21.7. The van der Waals surface area contributed by atoms with E-state index in [0.29, 0.717) is 0 Å². The van der Waals surface area contributed by atoms with E-state index in [1.54, 1.807) is 0 Å².